The number of carbonyl (C=O) groups is 2. The SMILES string of the molecule is O=C(Cc1cc(Cc2ccccn2)cs1)C(=O)c1ncn[nH]1. The summed E-state index contributed by atoms with van der Waals surface area (Å²) in [6, 6.07) is 7.70. The van der Waals surface area contributed by atoms with Crippen LogP contribution in [0.5, 0.6) is 0 Å². The van der Waals surface area contributed by atoms with Gasteiger partial charge in [-0.1, -0.05) is 6.07 Å². The first-order valence-electron chi connectivity index (χ1n) is 6.61. The maximum absolute atomic E-state index is 11.9. The van der Waals surface area contributed by atoms with E-state index in [4.69, 9.17) is 0 Å². The van der Waals surface area contributed by atoms with E-state index in [-0.39, 0.29) is 12.2 Å². The Morgan fingerprint density at radius 1 is 1.23 bits per heavy atom. The first-order valence-corrected chi connectivity index (χ1v) is 7.49. The number of nitrogens with zero attached hydrogens (tertiary/aromatic N) is 3. The van der Waals surface area contributed by atoms with E-state index in [2.05, 4.69) is 20.2 Å². The summed E-state index contributed by atoms with van der Waals surface area (Å²) in [7, 11) is 0. The summed E-state index contributed by atoms with van der Waals surface area (Å²) in [5.74, 6) is -1.16. The number of aromatic nitrogens is 4. The molecule has 0 fully saturated rings. The Morgan fingerprint density at radius 3 is 2.86 bits per heavy atom. The molecule has 0 bridgehead atoms. The van der Waals surface area contributed by atoms with E-state index in [1.165, 1.54) is 17.7 Å². The average Bonchev–Trinajstić information content (AvgIpc) is 3.19. The molecule has 3 rings (SSSR count). The molecule has 3 aromatic rings. The maximum Gasteiger partial charge on any atom is 0.265 e. The molecule has 0 radical (unpaired) electrons. The Balaban J connectivity index is 1.64. The van der Waals surface area contributed by atoms with Crippen LogP contribution in [-0.2, 0) is 17.6 Å². The molecule has 0 aliphatic rings. The highest BCUT2D eigenvalue weighted by Gasteiger charge is 2.20. The van der Waals surface area contributed by atoms with Crippen molar-refractivity contribution in [3.63, 3.8) is 0 Å². The van der Waals surface area contributed by atoms with Crippen LogP contribution in [0.3, 0.4) is 0 Å². The van der Waals surface area contributed by atoms with Gasteiger partial charge in [-0.2, -0.15) is 5.10 Å². The third-order valence-corrected chi connectivity index (χ3v) is 4.02. The minimum absolute atomic E-state index is 0.0183. The summed E-state index contributed by atoms with van der Waals surface area (Å²) in [4.78, 5) is 32.6. The number of hydrogen-bond donors (Lipinski definition) is 1. The van der Waals surface area contributed by atoms with Gasteiger partial charge in [-0.05, 0) is 29.1 Å². The van der Waals surface area contributed by atoms with Crippen LogP contribution in [0, 0.1) is 0 Å². The zero-order valence-electron chi connectivity index (χ0n) is 11.5. The van der Waals surface area contributed by atoms with E-state index in [9.17, 15) is 9.59 Å². The zero-order valence-corrected chi connectivity index (χ0v) is 12.3. The normalized spacial score (nSPS) is 10.5. The molecule has 7 heteroatoms. The fourth-order valence-corrected chi connectivity index (χ4v) is 2.90. The molecule has 0 aliphatic carbocycles. The minimum Gasteiger partial charge on any atom is -0.290 e. The van der Waals surface area contributed by atoms with Gasteiger partial charge in [0.25, 0.3) is 5.78 Å². The second-order valence-electron chi connectivity index (χ2n) is 4.68. The van der Waals surface area contributed by atoms with Crippen LogP contribution in [-0.4, -0.2) is 31.7 Å². The lowest BCUT2D eigenvalue weighted by Gasteiger charge is -1.97. The molecule has 0 saturated carbocycles. The summed E-state index contributed by atoms with van der Waals surface area (Å²) >= 11 is 1.46. The molecule has 0 amide bonds. The van der Waals surface area contributed by atoms with Crippen molar-refractivity contribution in [2.24, 2.45) is 0 Å². The van der Waals surface area contributed by atoms with Crippen molar-refractivity contribution in [1.82, 2.24) is 20.2 Å². The molecule has 110 valence electrons. The van der Waals surface area contributed by atoms with Crippen LogP contribution in [0.1, 0.15) is 26.8 Å². The van der Waals surface area contributed by atoms with Crippen molar-refractivity contribution in [1.29, 1.82) is 0 Å². The highest BCUT2D eigenvalue weighted by atomic mass is 32.1. The van der Waals surface area contributed by atoms with Crippen LogP contribution in [0.4, 0.5) is 0 Å². The summed E-state index contributed by atoms with van der Waals surface area (Å²) in [6.07, 6.45) is 3.74. The minimum atomic E-state index is -0.642. The van der Waals surface area contributed by atoms with Crippen LogP contribution < -0.4 is 0 Å². The molecule has 3 aromatic heterocycles. The average molecular weight is 312 g/mol. The lowest BCUT2D eigenvalue weighted by atomic mass is 10.1. The summed E-state index contributed by atoms with van der Waals surface area (Å²) in [6.45, 7) is 0. The molecule has 0 spiro atoms. The predicted molar refractivity (Wildman–Crippen MR) is 80.8 cm³/mol. The number of H-pyrrole nitrogens is 1. The molecular formula is C15H12N4O2S. The van der Waals surface area contributed by atoms with Crippen molar-refractivity contribution in [3.8, 4) is 0 Å². The summed E-state index contributed by atoms with van der Waals surface area (Å²) < 4.78 is 0. The molecule has 1 N–H and O–H groups in total. The van der Waals surface area contributed by atoms with Gasteiger partial charge in [0.1, 0.15) is 6.33 Å². The number of aromatic amines is 1. The molecule has 3 heterocycles. The lowest BCUT2D eigenvalue weighted by Crippen LogP contribution is -2.17. The van der Waals surface area contributed by atoms with E-state index in [0.717, 1.165) is 16.1 Å². The molecule has 6 nitrogen and oxygen atoms in total. The topological polar surface area (TPSA) is 88.6 Å². The van der Waals surface area contributed by atoms with Crippen molar-refractivity contribution < 1.29 is 9.59 Å². The van der Waals surface area contributed by atoms with E-state index in [0.29, 0.717) is 6.42 Å². The van der Waals surface area contributed by atoms with Gasteiger partial charge in [0, 0.05) is 29.6 Å². The molecular weight excluding hydrogens is 300 g/mol. The number of ketones is 2. The Hall–Kier alpha value is -2.67. The third kappa shape index (κ3) is 3.32. The van der Waals surface area contributed by atoms with Gasteiger partial charge >= 0.3 is 0 Å². The van der Waals surface area contributed by atoms with E-state index in [1.807, 2.05) is 29.6 Å². The van der Waals surface area contributed by atoms with Gasteiger partial charge in [-0.25, -0.2) is 4.98 Å². The van der Waals surface area contributed by atoms with E-state index < -0.39 is 11.6 Å². The Morgan fingerprint density at radius 2 is 2.14 bits per heavy atom. The van der Waals surface area contributed by atoms with Gasteiger partial charge in [0.15, 0.2) is 5.82 Å². The molecule has 22 heavy (non-hydrogen) atoms. The van der Waals surface area contributed by atoms with Crippen LogP contribution in [0.25, 0.3) is 0 Å². The third-order valence-electron chi connectivity index (χ3n) is 3.04. The highest BCUT2D eigenvalue weighted by Crippen LogP contribution is 2.18. The standard InChI is InChI=1S/C15H12N4O2S/c20-13(14(21)15-17-9-18-19-15)7-12-6-10(8-22-12)5-11-3-1-2-4-16-11/h1-4,6,8-9H,5,7H2,(H,17,18,19). The van der Waals surface area contributed by atoms with Gasteiger partial charge in [0.2, 0.25) is 5.78 Å². The van der Waals surface area contributed by atoms with Gasteiger partial charge in [-0.15, -0.1) is 11.3 Å². The van der Waals surface area contributed by atoms with Crippen LogP contribution in [0.15, 0.2) is 42.2 Å². The number of carbonyl (C=O) groups excluding carboxylic acids is 2. The molecule has 0 aliphatic heterocycles. The fraction of sp³-hybridized carbons (Fsp3) is 0.133. The van der Waals surface area contributed by atoms with Gasteiger partial charge in [-0.3, -0.25) is 19.7 Å². The van der Waals surface area contributed by atoms with Crippen LogP contribution >= 0.6 is 11.3 Å². The number of nitrogens with one attached hydrogen (secondary N) is 1. The second-order valence-corrected chi connectivity index (χ2v) is 5.68. The van der Waals surface area contributed by atoms with Gasteiger partial charge < -0.3 is 0 Å². The monoisotopic (exact) mass is 312 g/mol. The number of pyridine rings is 1. The number of Topliss-reactive ketones (excluding diaryl/α,β-unsaturated/α-hetero) is 2. The Kier molecular flexibility index (Phi) is 4.15. The molecule has 0 unspecified atom stereocenters. The zero-order chi connectivity index (χ0) is 15.4. The summed E-state index contributed by atoms with van der Waals surface area (Å²) in [5, 5.41) is 7.96. The first-order chi connectivity index (χ1) is 10.7. The highest BCUT2D eigenvalue weighted by molar-refractivity contribution is 7.10. The van der Waals surface area contributed by atoms with Crippen LogP contribution in [0.2, 0.25) is 0 Å². The van der Waals surface area contributed by atoms with Crippen molar-refractivity contribution in [2.75, 3.05) is 0 Å². The molecule has 0 aromatic carbocycles. The number of thiophene rings is 1. The lowest BCUT2D eigenvalue weighted by molar-refractivity contribution is -0.114. The molecule has 0 saturated heterocycles. The van der Waals surface area contributed by atoms with Gasteiger partial charge in [0.05, 0.1) is 0 Å². The Labute approximate surface area is 130 Å². The second kappa shape index (κ2) is 6.40. The largest absolute Gasteiger partial charge is 0.290 e. The van der Waals surface area contributed by atoms with Crippen molar-refractivity contribution >= 4 is 22.9 Å². The Bertz CT molecular complexity index is 781. The first kappa shape index (κ1) is 14.3. The maximum atomic E-state index is 11.9. The molecule has 0 atom stereocenters. The van der Waals surface area contributed by atoms with E-state index >= 15 is 0 Å². The quantitative estimate of drug-likeness (QED) is 0.554. The fourth-order valence-electron chi connectivity index (χ4n) is 2.01. The predicted octanol–water partition coefficient (Wildman–Crippen LogP) is 1.85. The smallest absolute Gasteiger partial charge is 0.265 e. The number of rotatable bonds is 6. The summed E-state index contributed by atoms with van der Waals surface area (Å²) in [5.41, 5.74) is 2.05. The number of hydrogen-bond acceptors (Lipinski definition) is 6. The van der Waals surface area contributed by atoms with E-state index in [1.54, 1.807) is 6.20 Å². The van der Waals surface area contributed by atoms with Crippen molar-refractivity contribution in [2.45, 2.75) is 12.8 Å². The van der Waals surface area contributed by atoms with Crippen molar-refractivity contribution in [3.05, 3.63) is 64.1 Å².